The fourth-order valence-electron chi connectivity index (χ4n) is 2.94. The molecule has 194 valence electrons. The molecule has 0 radical (unpaired) electrons. The highest BCUT2D eigenvalue weighted by molar-refractivity contribution is 8.13. The summed E-state index contributed by atoms with van der Waals surface area (Å²) in [4.78, 5) is 0. The van der Waals surface area contributed by atoms with Crippen molar-refractivity contribution in [2.45, 2.75) is 37.2 Å². The molecule has 9 nitrogen and oxygen atoms in total. The van der Waals surface area contributed by atoms with Crippen LogP contribution >= 0.6 is 0 Å². The van der Waals surface area contributed by atoms with Crippen molar-refractivity contribution in [2.75, 3.05) is 47.6 Å². The van der Waals surface area contributed by atoms with Crippen LogP contribution in [0.1, 0.15) is 26.2 Å². The first-order valence-corrected chi connectivity index (χ1v) is 13.9. The molecule has 0 amide bonds. The van der Waals surface area contributed by atoms with Gasteiger partial charge in [-0.2, -0.15) is 26.3 Å². The lowest BCUT2D eigenvalue weighted by molar-refractivity contribution is -0.908. The van der Waals surface area contributed by atoms with Gasteiger partial charge in [-0.25, -0.2) is 16.8 Å². The summed E-state index contributed by atoms with van der Waals surface area (Å²) in [5.41, 5.74) is -12.4. The number of rotatable bonds is 8. The largest absolute Gasteiger partial charge is 0.558 e. The second kappa shape index (κ2) is 11.3. The Morgan fingerprint density at radius 2 is 1.22 bits per heavy atom. The van der Waals surface area contributed by atoms with Gasteiger partial charge in [0, 0.05) is 21.3 Å². The van der Waals surface area contributed by atoms with E-state index >= 15 is 0 Å². The molecule has 0 saturated carbocycles. The van der Waals surface area contributed by atoms with Crippen molar-refractivity contribution in [3.8, 4) is 0 Å². The van der Waals surface area contributed by atoms with Crippen LogP contribution < -0.4 is 0 Å². The fourth-order valence-corrected chi connectivity index (χ4v) is 6.78. The molecule has 32 heavy (non-hydrogen) atoms. The smallest absolute Gasteiger partial charge is 0.421 e. The molecule has 0 aromatic heterocycles. The van der Waals surface area contributed by atoms with E-state index in [9.17, 15) is 43.2 Å². The molecule has 1 saturated heterocycles. The zero-order valence-electron chi connectivity index (χ0n) is 18.2. The van der Waals surface area contributed by atoms with Crippen molar-refractivity contribution in [1.82, 2.24) is 0 Å². The Labute approximate surface area is 185 Å². The average molecular weight is 543 g/mol. The first-order valence-electron chi connectivity index (χ1n) is 9.09. The van der Waals surface area contributed by atoms with E-state index in [0.717, 1.165) is 20.7 Å². The number of hydrogen-bond acceptors (Lipinski definition) is 7. The normalized spacial score (nSPS) is 23.4. The Morgan fingerprint density at radius 3 is 1.47 bits per heavy atom. The predicted octanol–water partition coefficient (Wildman–Crippen LogP) is 2.73. The molecule has 0 aliphatic carbocycles. The molecule has 0 atom stereocenters. The minimum Gasteiger partial charge on any atom is -0.421 e. The number of halogens is 6. The summed E-state index contributed by atoms with van der Waals surface area (Å²) in [5.74, 6) is 0.907. The number of nitrogens with zero attached hydrogens (tertiary/aromatic N) is 2. The predicted molar refractivity (Wildman–Crippen MR) is 104 cm³/mol. The summed E-state index contributed by atoms with van der Waals surface area (Å²) in [6, 6.07) is 0. The number of likely N-dealkylation sites (tertiary alicyclic amines) is 1. The first-order chi connectivity index (χ1) is 14.2. The van der Waals surface area contributed by atoms with Crippen molar-refractivity contribution in [3.63, 3.8) is 0 Å². The summed E-state index contributed by atoms with van der Waals surface area (Å²) in [5, 5.41) is 0. The van der Waals surface area contributed by atoms with E-state index in [4.69, 9.17) is 13.3 Å². The average Bonchev–Trinajstić information content (AvgIpc) is 2.65. The van der Waals surface area contributed by atoms with Gasteiger partial charge in [0.1, 0.15) is 6.17 Å². The minimum absolute atomic E-state index is 0.778. The maximum atomic E-state index is 11.4. The Hall–Kier alpha value is -0.503. The topological polar surface area (TPSA) is 110 Å². The minimum atomic E-state index is -6.72. The second-order valence-electron chi connectivity index (χ2n) is 7.29. The van der Waals surface area contributed by atoms with Crippen molar-refractivity contribution >= 4 is 28.9 Å². The molecule has 0 aromatic carbocycles. The monoisotopic (exact) mass is 542 g/mol. The van der Waals surface area contributed by atoms with E-state index in [1.165, 1.54) is 32.4 Å². The van der Waals surface area contributed by atoms with E-state index < -0.39 is 39.9 Å². The Kier molecular flexibility index (Phi) is 11.1. The van der Waals surface area contributed by atoms with Crippen molar-refractivity contribution in [2.24, 2.45) is 5.92 Å². The van der Waals surface area contributed by atoms with Crippen LogP contribution in [0.15, 0.2) is 0 Å². The summed E-state index contributed by atoms with van der Waals surface area (Å²) in [7, 11) is -8.49. The second-order valence-corrected chi connectivity index (χ2v) is 13.6. The molecule has 1 rings (SSSR count). The molecule has 18 heteroatoms. The SMILES string of the molecule is CCC1CC[N+](C)(C[Si](OC)(OC)OC)CC1.O=S(=O)([N-]S(=O)(=O)C(F)(F)F)C(F)(F)F. The lowest BCUT2D eigenvalue weighted by atomic mass is 9.93. The van der Waals surface area contributed by atoms with Gasteiger partial charge < -0.3 is 21.9 Å². The van der Waals surface area contributed by atoms with Crippen LogP contribution in [-0.2, 0) is 33.3 Å². The van der Waals surface area contributed by atoms with Crippen molar-refractivity contribution in [3.05, 3.63) is 4.13 Å². The summed E-state index contributed by atoms with van der Waals surface area (Å²) in [6.45, 7) is 4.71. The highest BCUT2D eigenvalue weighted by atomic mass is 32.3. The van der Waals surface area contributed by atoms with E-state index in [2.05, 4.69) is 14.0 Å². The number of sulfonamides is 2. The Balaban J connectivity index is 0.000000607. The van der Waals surface area contributed by atoms with Gasteiger partial charge in [0.15, 0.2) is 20.0 Å². The molecule has 0 unspecified atom stereocenters. The first kappa shape index (κ1) is 31.5. The van der Waals surface area contributed by atoms with Crippen LogP contribution in [0.25, 0.3) is 4.13 Å². The Morgan fingerprint density at radius 1 is 0.875 bits per heavy atom. The highest BCUT2D eigenvalue weighted by Gasteiger charge is 2.48. The van der Waals surface area contributed by atoms with Gasteiger partial charge in [0.05, 0.1) is 20.1 Å². The highest BCUT2D eigenvalue weighted by Crippen LogP contribution is 2.36. The Bertz CT molecular complexity index is 743. The number of quaternary nitrogens is 1. The van der Waals surface area contributed by atoms with Crippen molar-refractivity contribution < 1.29 is 60.9 Å². The van der Waals surface area contributed by atoms with Crippen molar-refractivity contribution in [1.29, 1.82) is 0 Å². The molecule has 1 heterocycles. The van der Waals surface area contributed by atoms with E-state index in [-0.39, 0.29) is 0 Å². The van der Waals surface area contributed by atoms with Crippen LogP contribution in [0.2, 0.25) is 0 Å². The maximum absolute atomic E-state index is 11.4. The number of piperidine rings is 1. The van der Waals surface area contributed by atoms with E-state index in [1.807, 2.05) is 0 Å². The lowest BCUT2D eigenvalue weighted by Gasteiger charge is -2.43. The number of hydrogen-bond donors (Lipinski definition) is 0. The molecule has 0 bridgehead atoms. The summed E-state index contributed by atoms with van der Waals surface area (Å²) in [6.07, 6.45) is 4.82. The lowest BCUT2D eigenvalue weighted by Crippen LogP contribution is -2.62. The summed E-state index contributed by atoms with van der Waals surface area (Å²) >= 11 is 0. The fraction of sp³-hybridized carbons (Fsp3) is 1.00. The van der Waals surface area contributed by atoms with Gasteiger partial charge in [-0.1, -0.05) is 13.3 Å². The zero-order chi connectivity index (χ0) is 25.6. The van der Waals surface area contributed by atoms with E-state index in [0.29, 0.717) is 0 Å². The van der Waals surface area contributed by atoms with Gasteiger partial charge >= 0.3 is 19.8 Å². The zero-order valence-corrected chi connectivity index (χ0v) is 20.8. The third-order valence-corrected chi connectivity index (χ3v) is 10.8. The molecular weight excluding hydrogens is 514 g/mol. The van der Waals surface area contributed by atoms with Crippen LogP contribution in [-0.4, -0.2) is 88.8 Å². The quantitative estimate of drug-likeness (QED) is 0.264. The standard InChI is InChI=1S/C12H28NO3Si.C2F6NO4S2/c1-6-12-7-9-13(2,10-8-12)11-17(14-3,15-4)16-5;3-1(4,5)14(10,11)9-15(12,13)2(6,7)8/h12H,6-11H2,1-5H3;/q+1;-1. The van der Waals surface area contributed by atoms with Gasteiger partial charge in [-0.3, -0.25) is 0 Å². The van der Waals surface area contributed by atoms with Gasteiger partial charge in [-0.15, -0.1) is 0 Å². The van der Waals surface area contributed by atoms with Gasteiger partial charge in [-0.05, 0) is 18.8 Å². The van der Waals surface area contributed by atoms with Crippen LogP contribution in [0, 0.1) is 5.92 Å². The number of alkyl halides is 6. The molecule has 0 spiro atoms. The third-order valence-electron chi connectivity index (χ3n) is 5.02. The third kappa shape index (κ3) is 8.69. The molecular formula is C14H28F6N2O7S2Si. The van der Waals surface area contributed by atoms with Gasteiger partial charge in [0.2, 0.25) is 0 Å². The van der Waals surface area contributed by atoms with Gasteiger partial charge in [0.25, 0.3) is 0 Å². The molecule has 0 N–H and O–H groups in total. The van der Waals surface area contributed by atoms with E-state index in [1.54, 1.807) is 21.3 Å². The molecule has 1 aliphatic heterocycles. The van der Waals surface area contributed by atoms with Crippen LogP contribution in [0.3, 0.4) is 0 Å². The maximum Gasteiger partial charge on any atom is 0.558 e. The molecule has 1 fully saturated rings. The van der Waals surface area contributed by atoms with Crippen LogP contribution in [0.5, 0.6) is 0 Å². The molecule has 1 aliphatic rings. The molecule has 0 aromatic rings. The summed E-state index contributed by atoms with van der Waals surface area (Å²) < 4.78 is 127. The van der Waals surface area contributed by atoms with Crippen LogP contribution in [0.4, 0.5) is 26.3 Å².